The third-order valence-corrected chi connectivity index (χ3v) is 5.83. The number of benzene rings is 2. The fourth-order valence-electron chi connectivity index (χ4n) is 3.56. The number of nitrogens with zero attached hydrogens (tertiary/aromatic N) is 1. The smallest absolute Gasteiger partial charge is 0.343 e. The van der Waals surface area contributed by atoms with Crippen molar-refractivity contribution in [3.8, 4) is 5.75 Å². The van der Waals surface area contributed by atoms with Gasteiger partial charge in [0.15, 0.2) is 0 Å². The van der Waals surface area contributed by atoms with Crippen molar-refractivity contribution in [1.82, 2.24) is 5.43 Å². The van der Waals surface area contributed by atoms with E-state index in [1.54, 1.807) is 54.7 Å². The number of esters is 1. The van der Waals surface area contributed by atoms with Gasteiger partial charge in [0.1, 0.15) is 5.75 Å². The lowest BCUT2D eigenvalue weighted by molar-refractivity contribution is -0.121. The minimum absolute atomic E-state index is 0.0688. The van der Waals surface area contributed by atoms with E-state index in [9.17, 15) is 9.59 Å². The normalized spacial score (nSPS) is 11.0. The first kappa shape index (κ1) is 27.6. The molecule has 0 aromatic heterocycles. The molecule has 0 radical (unpaired) electrons. The van der Waals surface area contributed by atoms with Crippen LogP contribution in [0.3, 0.4) is 0 Å². The molecule has 1 amide bonds. The van der Waals surface area contributed by atoms with Crippen molar-refractivity contribution in [2.75, 3.05) is 0 Å². The van der Waals surface area contributed by atoms with Crippen molar-refractivity contribution in [3.63, 3.8) is 0 Å². The van der Waals surface area contributed by atoms with Gasteiger partial charge in [0.2, 0.25) is 5.91 Å². The number of ether oxygens (including phenoxy) is 1. The lowest BCUT2D eigenvalue weighted by Crippen LogP contribution is -2.16. The van der Waals surface area contributed by atoms with E-state index in [1.165, 1.54) is 57.8 Å². The molecule has 2 aromatic rings. The predicted molar refractivity (Wildman–Crippen MR) is 140 cm³/mol. The molecule has 0 atom stereocenters. The highest BCUT2D eigenvalue weighted by atomic mass is 35.5. The van der Waals surface area contributed by atoms with Crippen molar-refractivity contribution in [2.24, 2.45) is 5.10 Å². The van der Waals surface area contributed by atoms with Gasteiger partial charge in [-0.2, -0.15) is 5.10 Å². The Kier molecular flexibility index (Phi) is 13.7. The van der Waals surface area contributed by atoms with Crippen LogP contribution in [-0.4, -0.2) is 18.1 Å². The number of halogens is 1. The van der Waals surface area contributed by atoms with Crippen molar-refractivity contribution in [1.29, 1.82) is 0 Å². The van der Waals surface area contributed by atoms with E-state index in [4.69, 9.17) is 16.3 Å². The van der Waals surface area contributed by atoms with Gasteiger partial charge in [0, 0.05) is 11.4 Å². The summed E-state index contributed by atoms with van der Waals surface area (Å²) in [7, 11) is 0. The monoisotopic (exact) mass is 484 g/mol. The Morgan fingerprint density at radius 3 is 1.97 bits per heavy atom. The Labute approximate surface area is 208 Å². The molecule has 0 unspecified atom stereocenters. The number of amides is 1. The molecule has 0 aliphatic rings. The number of carbonyl (C=O) groups excluding carboxylic acids is 2. The van der Waals surface area contributed by atoms with Crippen molar-refractivity contribution >= 4 is 29.7 Å². The molecule has 6 heteroatoms. The van der Waals surface area contributed by atoms with Gasteiger partial charge < -0.3 is 4.74 Å². The van der Waals surface area contributed by atoms with Crippen LogP contribution in [0.1, 0.15) is 99.9 Å². The number of rotatable bonds is 16. The Balaban J connectivity index is 1.55. The number of hydrogen-bond acceptors (Lipinski definition) is 4. The molecule has 0 saturated carbocycles. The standard InChI is InChI=1S/C28H37ClN2O3/c1-2-3-4-5-6-7-8-9-10-11-12-13-27(32)31-30-22-23-14-20-26(21-15-23)34-28(33)24-16-18-25(29)19-17-24/h14-22H,2-13H2,1H3,(H,31,32)/b30-22-. The number of hydrogen-bond donors (Lipinski definition) is 1. The lowest BCUT2D eigenvalue weighted by atomic mass is 10.1. The van der Waals surface area contributed by atoms with Gasteiger partial charge in [-0.15, -0.1) is 0 Å². The molecular weight excluding hydrogens is 448 g/mol. The highest BCUT2D eigenvalue weighted by molar-refractivity contribution is 6.30. The van der Waals surface area contributed by atoms with Gasteiger partial charge in [0.05, 0.1) is 11.8 Å². The Hall–Kier alpha value is -2.66. The molecule has 0 fully saturated rings. The number of unbranched alkanes of at least 4 members (excludes halogenated alkanes) is 10. The maximum Gasteiger partial charge on any atom is 0.343 e. The molecule has 5 nitrogen and oxygen atoms in total. The van der Waals surface area contributed by atoms with Crippen LogP contribution in [0.5, 0.6) is 5.75 Å². The molecule has 0 bridgehead atoms. The van der Waals surface area contributed by atoms with E-state index in [1.807, 2.05) is 0 Å². The SMILES string of the molecule is CCCCCCCCCCCCCC(=O)N/N=C\c1ccc(OC(=O)c2ccc(Cl)cc2)cc1. The molecule has 1 N–H and O–H groups in total. The summed E-state index contributed by atoms with van der Waals surface area (Å²) in [6.07, 6.45) is 15.9. The Morgan fingerprint density at radius 2 is 1.38 bits per heavy atom. The average Bonchev–Trinajstić information content (AvgIpc) is 2.84. The molecule has 2 rings (SSSR count). The summed E-state index contributed by atoms with van der Waals surface area (Å²) >= 11 is 5.83. The maximum absolute atomic E-state index is 12.1. The summed E-state index contributed by atoms with van der Waals surface area (Å²) in [6.45, 7) is 2.25. The van der Waals surface area contributed by atoms with E-state index >= 15 is 0 Å². The lowest BCUT2D eigenvalue weighted by Gasteiger charge is -2.05. The fourth-order valence-corrected chi connectivity index (χ4v) is 3.68. The van der Waals surface area contributed by atoms with Crippen LogP contribution < -0.4 is 10.2 Å². The van der Waals surface area contributed by atoms with Gasteiger partial charge in [0.25, 0.3) is 0 Å². The summed E-state index contributed by atoms with van der Waals surface area (Å²) in [6, 6.07) is 13.4. The molecule has 34 heavy (non-hydrogen) atoms. The molecule has 0 aliphatic heterocycles. The highest BCUT2D eigenvalue weighted by Crippen LogP contribution is 2.16. The largest absolute Gasteiger partial charge is 0.423 e. The first-order valence-electron chi connectivity index (χ1n) is 12.5. The highest BCUT2D eigenvalue weighted by Gasteiger charge is 2.08. The van der Waals surface area contributed by atoms with Crippen LogP contribution in [0.25, 0.3) is 0 Å². The van der Waals surface area contributed by atoms with Crippen LogP contribution >= 0.6 is 11.6 Å². The summed E-state index contributed by atoms with van der Waals surface area (Å²) < 4.78 is 5.35. The number of nitrogens with one attached hydrogen (secondary N) is 1. The van der Waals surface area contributed by atoms with E-state index in [0.717, 1.165) is 18.4 Å². The Morgan fingerprint density at radius 1 is 0.824 bits per heavy atom. The number of carbonyl (C=O) groups is 2. The quantitative estimate of drug-likeness (QED) is 0.0871. The second-order valence-corrected chi connectivity index (χ2v) is 8.98. The van der Waals surface area contributed by atoms with E-state index in [2.05, 4.69) is 17.5 Å². The van der Waals surface area contributed by atoms with E-state index in [-0.39, 0.29) is 5.91 Å². The van der Waals surface area contributed by atoms with Gasteiger partial charge in [-0.05, 0) is 60.5 Å². The molecular formula is C28H37ClN2O3. The van der Waals surface area contributed by atoms with Crippen LogP contribution in [0.4, 0.5) is 0 Å². The van der Waals surface area contributed by atoms with Crippen molar-refractivity contribution in [2.45, 2.75) is 84.0 Å². The topological polar surface area (TPSA) is 67.8 Å². The van der Waals surface area contributed by atoms with Crippen molar-refractivity contribution < 1.29 is 14.3 Å². The van der Waals surface area contributed by atoms with Crippen LogP contribution in [0.2, 0.25) is 5.02 Å². The molecule has 0 saturated heterocycles. The third-order valence-electron chi connectivity index (χ3n) is 5.58. The zero-order valence-electron chi connectivity index (χ0n) is 20.2. The van der Waals surface area contributed by atoms with Crippen LogP contribution in [-0.2, 0) is 4.79 Å². The van der Waals surface area contributed by atoms with Gasteiger partial charge in [-0.3, -0.25) is 4.79 Å². The van der Waals surface area contributed by atoms with E-state index in [0.29, 0.717) is 22.8 Å². The van der Waals surface area contributed by atoms with Gasteiger partial charge in [-0.25, -0.2) is 10.2 Å². The third kappa shape index (κ3) is 12.0. The first-order chi connectivity index (χ1) is 16.6. The molecule has 0 spiro atoms. The minimum Gasteiger partial charge on any atom is -0.423 e. The maximum atomic E-state index is 12.1. The summed E-state index contributed by atoms with van der Waals surface area (Å²) in [4.78, 5) is 24.1. The average molecular weight is 485 g/mol. The van der Waals surface area contributed by atoms with Crippen LogP contribution in [0.15, 0.2) is 53.6 Å². The Bertz CT molecular complexity index is 880. The van der Waals surface area contributed by atoms with Crippen LogP contribution in [0, 0.1) is 0 Å². The number of hydrazone groups is 1. The summed E-state index contributed by atoms with van der Waals surface area (Å²) in [5.74, 6) is -0.0916. The van der Waals surface area contributed by atoms with Gasteiger partial charge in [-0.1, -0.05) is 82.7 Å². The second-order valence-electron chi connectivity index (χ2n) is 8.54. The summed E-state index contributed by atoms with van der Waals surface area (Å²) in [5.41, 5.74) is 3.79. The van der Waals surface area contributed by atoms with Gasteiger partial charge >= 0.3 is 5.97 Å². The first-order valence-corrected chi connectivity index (χ1v) is 12.9. The van der Waals surface area contributed by atoms with Crippen molar-refractivity contribution in [3.05, 3.63) is 64.7 Å². The molecule has 2 aromatic carbocycles. The summed E-state index contributed by atoms with van der Waals surface area (Å²) in [5, 5.41) is 4.57. The fraction of sp³-hybridized carbons (Fsp3) is 0.464. The molecule has 184 valence electrons. The van der Waals surface area contributed by atoms with E-state index < -0.39 is 5.97 Å². The zero-order valence-corrected chi connectivity index (χ0v) is 21.0. The predicted octanol–water partition coefficient (Wildman–Crippen LogP) is 7.71. The zero-order chi connectivity index (χ0) is 24.4. The second kappa shape index (κ2) is 16.9. The molecule has 0 aliphatic carbocycles. The molecule has 0 heterocycles. The minimum atomic E-state index is -0.451.